The number of carbonyl (C=O) groups excluding carboxylic acids is 1. The fraction of sp³-hybridized carbons (Fsp3) is 0.981. The van der Waals surface area contributed by atoms with Crippen LogP contribution < -0.4 is 17.3 Å². The van der Waals surface area contributed by atoms with Crippen LogP contribution >= 0.6 is 70.6 Å². The smallest absolute Gasteiger partial charge is 0.323 e. The number of esters is 1. The summed E-state index contributed by atoms with van der Waals surface area (Å²) in [5.74, 6) is 6.71. The van der Waals surface area contributed by atoms with Gasteiger partial charge in [0.15, 0.2) is 0 Å². The first-order valence-corrected chi connectivity index (χ1v) is 31.8. The zero-order valence-electron chi connectivity index (χ0n) is 50.2. The van der Waals surface area contributed by atoms with Gasteiger partial charge in [0.1, 0.15) is 11.9 Å². The lowest BCUT2D eigenvalue weighted by atomic mass is 10.2. The van der Waals surface area contributed by atoms with Gasteiger partial charge in [0.2, 0.25) is 0 Å². The van der Waals surface area contributed by atoms with Crippen molar-refractivity contribution in [3.63, 3.8) is 0 Å². The van der Waals surface area contributed by atoms with Crippen LogP contribution in [-0.4, -0.2) is 220 Å². The number of methoxy groups -OCH3 is 1. The topological polar surface area (TPSA) is 59.4 Å². The summed E-state index contributed by atoms with van der Waals surface area (Å²) in [4.78, 5) is 27.4. The molecule has 0 aliphatic carbocycles. The Bertz CT molecular complexity index is 1230. The predicted molar refractivity (Wildman–Crippen MR) is 324 cm³/mol. The lowest BCUT2D eigenvalue weighted by Crippen LogP contribution is -3.05. The van der Waals surface area contributed by atoms with E-state index in [-0.39, 0.29) is 29.2 Å². The van der Waals surface area contributed by atoms with Crippen LogP contribution in [0.25, 0.3) is 0 Å². The fourth-order valence-corrected chi connectivity index (χ4v) is 10.5. The minimum atomic E-state index is -0.0815. The Balaban J connectivity index is -0.000000775. The van der Waals surface area contributed by atoms with E-state index in [4.69, 9.17) is 9.47 Å². The number of nitrogens with zero attached hydrogens (tertiary/aromatic N) is 6. The average molecular weight is 1130 g/mol. The summed E-state index contributed by atoms with van der Waals surface area (Å²) in [5.41, 5.74) is 0. The highest BCUT2D eigenvalue weighted by Crippen LogP contribution is 2.29. The number of hydrogen-bond donors (Lipinski definition) is 1. The quantitative estimate of drug-likeness (QED) is 0.144. The standard InChI is InChI=1S/C11H21NO2S.C10H22N2S.C9H19NOS.C9H19NS.2C7H17NS.ClH/c1-11(2,3)15-8-12-7-5-6-9(12)10(13)14-4;1-10(2,3)13-9-12-7-5-11(4)6-8-12;1-9(2,3)12-8-10-4-6-11-7-5-10;1-9(2,3)11-8-10-6-4-5-7-10;2*1-7(2,3)9-6-8(4)5;/h9H,5-8H2,1-4H3;5-9H2,1-4H3;4-8H2,1-3H3;4-8H2,1-3H3;2*6H2,1-5H3;1H. The summed E-state index contributed by atoms with van der Waals surface area (Å²) >= 11 is 12.0. The van der Waals surface area contributed by atoms with Crippen molar-refractivity contribution >= 4 is 76.5 Å². The summed E-state index contributed by atoms with van der Waals surface area (Å²) < 4.78 is 12.4. The number of likely N-dealkylation sites (N-methyl/N-ethyl adjacent to an activating group) is 1. The number of quaternary nitrogens is 1. The van der Waals surface area contributed by atoms with Crippen molar-refractivity contribution in [2.45, 2.75) is 185 Å². The summed E-state index contributed by atoms with van der Waals surface area (Å²) in [6.45, 7) is 53.2. The number of nitrogens with one attached hydrogen (secondary N) is 1. The maximum absolute atomic E-state index is 11.5. The van der Waals surface area contributed by atoms with E-state index >= 15 is 0 Å². The molecule has 17 heteroatoms. The van der Waals surface area contributed by atoms with E-state index in [2.05, 4.69) is 201 Å². The molecule has 0 radical (unpaired) electrons. The van der Waals surface area contributed by atoms with Gasteiger partial charge >= 0.3 is 5.97 Å². The van der Waals surface area contributed by atoms with Crippen LogP contribution in [0.5, 0.6) is 0 Å². The van der Waals surface area contributed by atoms with E-state index in [9.17, 15) is 4.79 Å². The summed E-state index contributed by atoms with van der Waals surface area (Å²) in [6.07, 6.45) is 4.86. The molecule has 1 atom stereocenters. The molecule has 4 fully saturated rings. The highest BCUT2D eigenvalue weighted by atomic mass is 35.5. The summed E-state index contributed by atoms with van der Waals surface area (Å²) in [7, 11) is 12.2. The molecule has 4 rings (SSSR count). The zero-order valence-corrected chi connectivity index (χ0v) is 55.8. The van der Waals surface area contributed by atoms with Gasteiger partial charge in [-0.3, -0.25) is 24.4 Å². The Morgan fingerprint density at radius 1 is 0.543 bits per heavy atom. The van der Waals surface area contributed by atoms with Crippen LogP contribution in [0.15, 0.2) is 0 Å². The van der Waals surface area contributed by atoms with Crippen molar-refractivity contribution in [3.05, 3.63) is 0 Å². The molecular weight excluding hydrogens is 1010 g/mol. The van der Waals surface area contributed by atoms with Gasteiger partial charge in [0.25, 0.3) is 0 Å². The Hall–Kier alpha value is 1.54. The van der Waals surface area contributed by atoms with Crippen LogP contribution in [0.4, 0.5) is 0 Å². The predicted octanol–water partition coefficient (Wildman–Crippen LogP) is 7.88. The molecule has 0 aromatic heterocycles. The molecule has 0 amide bonds. The van der Waals surface area contributed by atoms with Crippen molar-refractivity contribution in [2.24, 2.45) is 0 Å². The SMILES string of the molecule is CC(C)(C)SCN1CCCC1.CC(C)(C)SCN1CCOCC1.CN(C)CSC(C)(C)C.CN1CCN(CSC(C)(C)C)CC1.COC(=O)C1CCCN1CSC(C)(C)C.C[NH+](C)CSC(C)(C)C.[Cl-]. The van der Waals surface area contributed by atoms with E-state index in [0.29, 0.717) is 23.7 Å². The molecule has 4 aliphatic rings. The Kier molecular flexibility index (Phi) is 42.2. The van der Waals surface area contributed by atoms with Gasteiger partial charge in [-0.15, -0.1) is 58.8 Å². The fourth-order valence-electron chi connectivity index (χ4n) is 5.82. The molecule has 0 spiro atoms. The van der Waals surface area contributed by atoms with Gasteiger partial charge in [-0.25, -0.2) is 0 Å². The Labute approximate surface area is 468 Å². The third-order valence-electron chi connectivity index (χ3n) is 9.99. The van der Waals surface area contributed by atoms with Crippen molar-refractivity contribution < 1.29 is 31.6 Å². The van der Waals surface area contributed by atoms with E-state index in [1.165, 1.54) is 81.8 Å². The third kappa shape index (κ3) is 53.0. The highest BCUT2D eigenvalue weighted by molar-refractivity contribution is 8.01. The molecular formula is C53H116ClN7O3S6. The minimum absolute atomic E-state index is 0. The molecule has 70 heavy (non-hydrogen) atoms. The van der Waals surface area contributed by atoms with Gasteiger partial charge in [0.05, 0.1) is 34.4 Å². The van der Waals surface area contributed by atoms with Crippen molar-refractivity contribution in [2.75, 3.05) is 150 Å². The van der Waals surface area contributed by atoms with Gasteiger partial charge < -0.3 is 36.6 Å². The molecule has 0 bridgehead atoms. The number of piperazine rings is 1. The zero-order chi connectivity index (χ0) is 53.7. The minimum Gasteiger partial charge on any atom is -1.00 e. The van der Waals surface area contributed by atoms with E-state index in [1.807, 2.05) is 58.8 Å². The van der Waals surface area contributed by atoms with E-state index in [1.54, 1.807) is 0 Å². The van der Waals surface area contributed by atoms with Gasteiger partial charge in [-0.1, -0.05) is 136 Å². The van der Waals surface area contributed by atoms with Gasteiger partial charge in [-0.05, 0) is 66.5 Å². The molecule has 1 N–H and O–H groups in total. The first-order valence-electron chi connectivity index (χ1n) is 25.9. The molecule has 0 aromatic carbocycles. The van der Waals surface area contributed by atoms with Crippen LogP contribution in [0.3, 0.4) is 0 Å². The maximum atomic E-state index is 11.5. The molecule has 10 nitrogen and oxygen atoms in total. The molecule has 4 aliphatic heterocycles. The number of rotatable bonds is 13. The summed E-state index contributed by atoms with van der Waals surface area (Å²) in [5, 5.41) is 0. The van der Waals surface area contributed by atoms with Gasteiger partial charge in [-0.2, -0.15) is 0 Å². The van der Waals surface area contributed by atoms with Crippen molar-refractivity contribution in [1.82, 2.24) is 29.4 Å². The molecule has 1 unspecified atom stereocenters. The Morgan fingerprint density at radius 2 is 0.914 bits per heavy atom. The molecule has 0 aromatic rings. The van der Waals surface area contributed by atoms with Crippen LogP contribution in [0, 0.1) is 0 Å². The summed E-state index contributed by atoms with van der Waals surface area (Å²) in [6, 6.07) is -0.00940. The average Bonchev–Trinajstić information content (AvgIpc) is 3.93. The van der Waals surface area contributed by atoms with E-state index in [0.717, 1.165) is 63.3 Å². The second-order valence-corrected chi connectivity index (χ2v) is 35.7. The molecule has 4 saturated heterocycles. The second kappa shape index (κ2) is 39.0. The monoisotopic (exact) mass is 1130 g/mol. The van der Waals surface area contributed by atoms with Crippen LogP contribution in [0.2, 0.25) is 0 Å². The molecule has 0 saturated carbocycles. The number of likely N-dealkylation sites (tertiary alicyclic amines) is 2. The Morgan fingerprint density at radius 3 is 1.24 bits per heavy atom. The number of thioether (sulfide) groups is 6. The number of carbonyl (C=O) groups is 1. The number of ether oxygens (including phenoxy) is 2. The molecule has 424 valence electrons. The normalized spacial score (nSPS) is 19.3. The lowest BCUT2D eigenvalue weighted by Gasteiger charge is -2.33. The van der Waals surface area contributed by atoms with Crippen molar-refractivity contribution in [3.8, 4) is 0 Å². The number of morpholine rings is 1. The largest absolute Gasteiger partial charge is 1.00 e. The maximum Gasteiger partial charge on any atom is 0.323 e. The third-order valence-corrected chi connectivity index (χ3v) is 18.5. The van der Waals surface area contributed by atoms with Crippen molar-refractivity contribution in [1.29, 1.82) is 0 Å². The lowest BCUT2D eigenvalue weighted by molar-refractivity contribution is -0.844. The first kappa shape index (κ1) is 75.8. The van der Waals surface area contributed by atoms with Crippen LogP contribution in [0.1, 0.15) is 150 Å². The second-order valence-electron chi connectivity index (χ2n) is 25.1. The molecule has 4 heterocycles. The highest BCUT2D eigenvalue weighted by Gasteiger charge is 2.32. The number of halogens is 1. The van der Waals surface area contributed by atoms with E-state index < -0.39 is 0 Å². The van der Waals surface area contributed by atoms with Gasteiger partial charge in [0, 0.05) is 97.1 Å². The number of hydrogen-bond acceptors (Lipinski definition) is 15. The first-order chi connectivity index (χ1) is 31.4. The van der Waals surface area contributed by atoms with Crippen LogP contribution in [-0.2, 0) is 14.3 Å².